The van der Waals surface area contributed by atoms with Gasteiger partial charge in [-0.05, 0) is 49.1 Å². The average Bonchev–Trinajstić information content (AvgIpc) is 2.37. The van der Waals surface area contributed by atoms with Crippen LogP contribution in [0.5, 0.6) is 0 Å². The fourth-order valence-corrected chi connectivity index (χ4v) is 2.80. The second-order valence-electron chi connectivity index (χ2n) is 4.30. The van der Waals surface area contributed by atoms with Crippen molar-refractivity contribution < 1.29 is 0 Å². The van der Waals surface area contributed by atoms with Gasteiger partial charge in [0.1, 0.15) is 0 Å². The number of anilines is 1. The molecule has 0 fully saturated rings. The van der Waals surface area contributed by atoms with Crippen LogP contribution in [0.1, 0.15) is 18.5 Å². The normalized spacial score (nSPS) is 12.2. The molecule has 2 rings (SSSR count). The van der Waals surface area contributed by atoms with Crippen molar-refractivity contribution in [3.63, 3.8) is 0 Å². The molecule has 0 aliphatic rings. The third-order valence-corrected chi connectivity index (χ3v) is 4.04. The molecule has 1 atom stereocenters. The zero-order valence-electron chi connectivity index (χ0n) is 10.8. The second kappa shape index (κ2) is 6.56. The molecule has 0 radical (unpaired) electrons. The van der Waals surface area contributed by atoms with Gasteiger partial charge < -0.3 is 5.32 Å². The fraction of sp³-hybridized carbons (Fsp3) is 0.200. The molecule has 2 aromatic carbocycles. The smallest absolute Gasteiger partial charge is 0.0485 e. The van der Waals surface area contributed by atoms with Crippen molar-refractivity contribution in [2.75, 3.05) is 11.6 Å². The predicted molar refractivity (Wildman–Crippen MR) is 86.7 cm³/mol. The lowest BCUT2D eigenvalue weighted by atomic mass is 10.1. The summed E-state index contributed by atoms with van der Waals surface area (Å²) >= 11 is 13.7. The van der Waals surface area contributed by atoms with Gasteiger partial charge in [-0.25, -0.2) is 0 Å². The molecule has 1 nitrogen and oxygen atoms in total. The standard InChI is InChI=1S/C15H15Cl2NS/c1-10(11-3-5-15(19-2)6-4-11)18-14-8-12(16)7-13(17)9-14/h3-10,18H,1-2H3. The summed E-state index contributed by atoms with van der Waals surface area (Å²) < 4.78 is 0. The first-order valence-electron chi connectivity index (χ1n) is 5.95. The summed E-state index contributed by atoms with van der Waals surface area (Å²) in [5, 5.41) is 4.68. The van der Waals surface area contributed by atoms with Crippen LogP contribution >= 0.6 is 35.0 Å². The number of rotatable bonds is 4. The van der Waals surface area contributed by atoms with E-state index in [1.54, 1.807) is 17.8 Å². The zero-order valence-corrected chi connectivity index (χ0v) is 13.1. The van der Waals surface area contributed by atoms with Gasteiger partial charge in [-0.2, -0.15) is 0 Å². The molecule has 0 saturated heterocycles. The summed E-state index contributed by atoms with van der Waals surface area (Å²) in [6.07, 6.45) is 2.07. The highest BCUT2D eigenvalue weighted by atomic mass is 35.5. The van der Waals surface area contributed by atoms with E-state index in [0.29, 0.717) is 10.0 Å². The minimum Gasteiger partial charge on any atom is -0.378 e. The van der Waals surface area contributed by atoms with Crippen molar-refractivity contribution in [2.24, 2.45) is 0 Å². The quantitative estimate of drug-likeness (QED) is 0.707. The Morgan fingerprint density at radius 3 is 2.11 bits per heavy atom. The van der Waals surface area contributed by atoms with Crippen molar-refractivity contribution in [2.45, 2.75) is 17.9 Å². The Labute approximate surface area is 128 Å². The molecular formula is C15H15Cl2NS. The van der Waals surface area contributed by atoms with Crippen LogP contribution < -0.4 is 5.32 Å². The molecule has 0 spiro atoms. The lowest BCUT2D eigenvalue weighted by Crippen LogP contribution is -2.06. The molecule has 0 heterocycles. The van der Waals surface area contributed by atoms with E-state index in [1.165, 1.54) is 10.5 Å². The maximum absolute atomic E-state index is 5.99. The van der Waals surface area contributed by atoms with Crippen LogP contribution in [0.4, 0.5) is 5.69 Å². The summed E-state index contributed by atoms with van der Waals surface area (Å²) in [5.74, 6) is 0. The molecule has 0 amide bonds. The topological polar surface area (TPSA) is 12.0 Å². The van der Waals surface area contributed by atoms with Gasteiger partial charge >= 0.3 is 0 Å². The SMILES string of the molecule is CSc1ccc(C(C)Nc2cc(Cl)cc(Cl)c2)cc1. The van der Waals surface area contributed by atoms with Gasteiger partial charge in [0.05, 0.1) is 0 Å². The van der Waals surface area contributed by atoms with Gasteiger partial charge in [0.15, 0.2) is 0 Å². The van der Waals surface area contributed by atoms with Gasteiger partial charge in [0.2, 0.25) is 0 Å². The van der Waals surface area contributed by atoms with Crippen LogP contribution in [0.15, 0.2) is 47.4 Å². The summed E-state index contributed by atoms with van der Waals surface area (Å²) in [4.78, 5) is 1.27. The fourth-order valence-electron chi connectivity index (χ4n) is 1.86. The molecule has 0 aliphatic carbocycles. The molecule has 1 unspecified atom stereocenters. The van der Waals surface area contributed by atoms with E-state index in [1.807, 2.05) is 12.1 Å². The van der Waals surface area contributed by atoms with Crippen LogP contribution in [0.25, 0.3) is 0 Å². The Kier molecular flexibility index (Phi) is 5.03. The Morgan fingerprint density at radius 1 is 1.00 bits per heavy atom. The van der Waals surface area contributed by atoms with E-state index in [-0.39, 0.29) is 6.04 Å². The monoisotopic (exact) mass is 311 g/mol. The maximum Gasteiger partial charge on any atom is 0.0485 e. The molecule has 19 heavy (non-hydrogen) atoms. The van der Waals surface area contributed by atoms with Crippen molar-refractivity contribution in [3.05, 3.63) is 58.1 Å². The second-order valence-corrected chi connectivity index (χ2v) is 6.05. The predicted octanol–water partition coefficient (Wildman–Crippen LogP) is 5.89. The summed E-state index contributed by atoms with van der Waals surface area (Å²) in [6.45, 7) is 2.11. The first-order valence-corrected chi connectivity index (χ1v) is 7.93. The van der Waals surface area contributed by atoms with Crippen molar-refractivity contribution in [1.82, 2.24) is 0 Å². The summed E-state index contributed by atoms with van der Waals surface area (Å²) in [7, 11) is 0. The lowest BCUT2D eigenvalue weighted by molar-refractivity contribution is 0.883. The van der Waals surface area contributed by atoms with Crippen molar-refractivity contribution in [3.8, 4) is 0 Å². The van der Waals surface area contributed by atoms with E-state index in [4.69, 9.17) is 23.2 Å². The van der Waals surface area contributed by atoms with E-state index >= 15 is 0 Å². The molecule has 2 aromatic rings. The number of benzene rings is 2. The molecule has 0 bridgehead atoms. The van der Waals surface area contributed by atoms with E-state index < -0.39 is 0 Å². The molecule has 1 N–H and O–H groups in total. The average molecular weight is 312 g/mol. The van der Waals surface area contributed by atoms with Crippen LogP contribution in [-0.2, 0) is 0 Å². The maximum atomic E-state index is 5.99. The summed E-state index contributed by atoms with van der Waals surface area (Å²) in [6, 6.07) is 14.2. The number of nitrogens with one attached hydrogen (secondary N) is 1. The first-order chi connectivity index (χ1) is 9.08. The number of hydrogen-bond acceptors (Lipinski definition) is 2. The third-order valence-electron chi connectivity index (χ3n) is 2.86. The van der Waals surface area contributed by atoms with Crippen LogP contribution in [0.3, 0.4) is 0 Å². The molecule has 100 valence electrons. The largest absolute Gasteiger partial charge is 0.378 e. The number of thioether (sulfide) groups is 1. The van der Waals surface area contributed by atoms with E-state index in [9.17, 15) is 0 Å². The van der Waals surface area contributed by atoms with Gasteiger partial charge in [-0.1, -0.05) is 35.3 Å². The van der Waals surface area contributed by atoms with Gasteiger partial charge in [0.25, 0.3) is 0 Å². The minimum absolute atomic E-state index is 0.199. The Bertz CT molecular complexity index is 534. The van der Waals surface area contributed by atoms with Crippen molar-refractivity contribution in [1.29, 1.82) is 0 Å². The molecule has 0 aliphatic heterocycles. The lowest BCUT2D eigenvalue weighted by Gasteiger charge is -2.16. The van der Waals surface area contributed by atoms with Crippen LogP contribution in [0, 0.1) is 0 Å². The molecule has 0 saturated carbocycles. The van der Waals surface area contributed by atoms with Crippen LogP contribution in [-0.4, -0.2) is 6.26 Å². The van der Waals surface area contributed by atoms with Crippen LogP contribution in [0.2, 0.25) is 10.0 Å². The number of hydrogen-bond donors (Lipinski definition) is 1. The zero-order chi connectivity index (χ0) is 13.8. The molecule has 0 aromatic heterocycles. The van der Waals surface area contributed by atoms with Crippen molar-refractivity contribution >= 4 is 40.7 Å². The van der Waals surface area contributed by atoms with E-state index in [0.717, 1.165) is 5.69 Å². The number of halogens is 2. The Morgan fingerprint density at radius 2 is 1.58 bits per heavy atom. The Hall–Kier alpha value is -0.830. The van der Waals surface area contributed by atoms with E-state index in [2.05, 4.69) is 42.8 Å². The highest BCUT2D eigenvalue weighted by Crippen LogP contribution is 2.26. The highest BCUT2D eigenvalue weighted by Gasteiger charge is 2.06. The summed E-state index contributed by atoms with van der Waals surface area (Å²) in [5.41, 5.74) is 2.16. The molecule has 4 heteroatoms. The minimum atomic E-state index is 0.199. The first kappa shape index (κ1) is 14.6. The van der Waals surface area contributed by atoms with Gasteiger partial charge in [-0.15, -0.1) is 11.8 Å². The Balaban J connectivity index is 2.13. The molecular weight excluding hydrogens is 297 g/mol. The van der Waals surface area contributed by atoms with Gasteiger partial charge in [0, 0.05) is 26.7 Å². The van der Waals surface area contributed by atoms with Gasteiger partial charge in [-0.3, -0.25) is 0 Å². The third kappa shape index (κ3) is 4.07. The highest BCUT2D eigenvalue weighted by molar-refractivity contribution is 7.98.